The van der Waals surface area contributed by atoms with Gasteiger partial charge in [0.2, 0.25) is 5.91 Å². The van der Waals surface area contributed by atoms with Gasteiger partial charge in [-0.2, -0.15) is 0 Å². The Morgan fingerprint density at radius 1 is 1.12 bits per heavy atom. The van der Waals surface area contributed by atoms with Crippen LogP contribution in [0.4, 0.5) is 0 Å². The Labute approximate surface area is 144 Å². The maximum absolute atomic E-state index is 11.9. The van der Waals surface area contributed by atoms with Gasteiger partial charge in [-0.1, -0.05) is 18.2 Å². The fraction of sp³-hybridized carbons (Fsp3) is 0.111. The average Bonchev–Trinajstić information content (AvgIpc) is 3.07. The lowest BCUT2D eigenvalue weighted by Gasteiger charge is -2.01. The molecule has 0 fully saturated rings. The van der Waals surface area contributed by atoms with Gasteiger partial charge in [0.1, 0.15) is 0 Å². The quantitative estimate of drug-likeness (QED) is 0.690. The van der Waals surface area contributed by atoms with E-state index in [-0.39, 0.29) is 18.4 Å². The summed E-state index contributed by atoms with van der Waals surface area (Å²) in [6, 6.07) is 12.6. The van der Waals surface area contributed by atoms with E-state index in [0.29, 0.717) is 11.4 Å². The number of nitrogens with zero attached hydrogens (tertiary/aromatic N) is 3. The molecule has 25 heavy (non-hydrogen) atoms. The van der Waals surface area contributed by atoms with E-state index in [1.807, 2.05) is 28.8 Å². The van der Waals surface area contributed by atoms with Gasteiger partial charge in [0.25, 0.3) is 5.91 Å². The highest BCUT2D eigenvalue weighted by Crippen LogP contribution is 2.06. The van der Waals surface area contributed by atoms with Gasteiger partial charge in [-0.05, 0) is 35.9 Å². The smallest absolute Gasteiger partial charge is 0.251 e. The number of hydrogen-bond donors (Lipinski definition) is 2. The second kappa shape index (κ2) is 7.39. The summed E-state index contributed by atoms with van der Waals surface area (Å²) in [6.07, 6.45) is 4.98. The second-order valence-electron chi connectivity index (χ2n) is 5.30. The first-order valence-corrected chi connectivity index (χ1v) is 7.74. The zero-order valence-corrected chi connectivity index (χ0v) is 13.6. The molecule has 0 radical (unpaired) electrons. The van der Waals surface area contributed by atoms with Gasteiger partial charge in [0.05, 0.1) is 6.54 Å². The molecule has 2 heterocycles. The monoisotopic (exact) mass is 335 g/mol. The van der Waals surface area contributed by atoms with E-state index in [9.17, 15) is 9.59 Å². The third-order valence-corrected chi connectivity index (χ3v) is 3.63. The summed E-state index contributed by atoms with van der Waals surface area (Å²) in [7, 11) is 1.58. The molecule has 7 nitrogen and oxygen atoms in total. The van der Waals surface area contributed by atoms with Crippen LogP contribution in [0.15, 0.2) is 54.7 Å². The fourth-order valence-electron chi connectivity index (χ4n) is 2.30. The summed E-state index contributed by atoms with van der Waals surface area (Å²) in [5.74, 6) is 0.282. The first-order chi connectivity index (χ1) is 12.2. The Morgan fingerprint density at radius 3 is 2.68 bits per heavy atom. The van der Waals surface area contributed by atoms with Crippen LogP contribution in [0, 0.1) is 0 Å². The van der Waals surface area contributed by atoms with Crippen LogP contribution in [0.5, 0.6) is 0 Å². The van der Waals surface area contributed by atoms with Crippen LogP contribution in [-0.4, -0.2) is 33.5 Å². The molecule has 0 saturated heterocycles. The Morgan fingerprint density at radius 2 is 1.92 bits per heavy atom. The topological polar surface area (TPSA) is 88.4 Å². The lowest BCUT2D eigenvalue weighted by Crippen LogP contribution is -2.21. The number of amides is 2. The molecule has 0 aliphatic carbocycles. The number of aromatic nitrogens is 3. The first-order valence-electron chi connectivity index (χ1n) is 7.74. The van der Waals surface area contributed by atoms with Gasteiger partial charge < -0.3 is 10.6 Å². The Bertz CT molecular complexity index is 928. The van der Waals surface area contributed by atoms with Crippen molar-refractivity contribution in [3.63, 3.8) is 0 Å². The molecule has 0 spiro atoms. The molecule has 7 heteroatoms. The molecule has 0 unspecified atom stereocenters. The van der Waals surface area contributed by atoms with Crippen molar-refractivity contribution in [2.45, 2.75) is 6.54 Å². The van der Waals surface area contributed by atoms with Gasteiger partial charge in [0.15, 0.2) is 11.5 Å². The molecule has 0 aliphatic heterocycles. The third kappa shape index (κ3) is 3.89. The van der Waals surface area contributed by atoms with E-state index in [2.05, 4.69) is 20.8 Å². The maximum atomic E-state index is 11.9. The van der Waals surface area contributed by atoms with Gasteiger partial charge in [-0.3, -0.25) is 14.0 Å². The minimum atomic E-state index is -0.233. The predicted octanol–water partition coefficient (Wildman–Crippen LogP) is 1.42. The van der Waals surface area contributed by atoms with Gasteiger partial charge in [-0.25, -0.2) is 0 Å². The van der Waals surface area contributed by atoms with Gasteiger partial charge in [-0.15, -0.1) is 10.2 Å². The Balaban J connectivity index is 1.58. The number of rotatable bonds is 5. The first kappa shape index (κ1) is 16.4. The molecular weight excluding hydrogens is 318 g/mol. The van der Waals surface area contributed by atoms with Crippen LogP contribution in [0.1, 0.15) is 21.7 Å². The molecule has 3 aromatic rings. The number of pyridine rings is 1. The fourth-order valence-corrected chi connectivity index (χ4v) is 2.30. The van der Waals surface area contributed by atoms with Crippen LogP contribution in [0.3, 0.4) is 0 Å². The van der Waals surface area contributed by atoms with Crippen molar-refractivity contribution < 1.29 is 9.59 Å². The largest absolute Gasteiger partial charge is 0.355 e. The number of fused-ring (bicyclic) bond motifs is 1. The summed E-state index contributed by atoms with van der Waals surface area (Å²) in [5.41, 5.74) is 2.14. The number of nitrogens with one attached hydrogen (secondary N) is 2. The summed E-state index contributed by atoms with van der Waals surface area (Å²) in [5, 5.41) is 13.4. The van der Waals surface area contributed by atoms with Crippen LogP contribution in [0.2, 0.25) is 0 Å². The minimum Gasteiger partial charge on any atom is -0.355 e. The number of hydrogen-bond acceptors (Lipinski definition) is 4. The minimum absolute atomic E-state index is 0.145. The SMILES string of the molecule is CNC(=O)c1ccc(/C=C/C(=O)NCc2nnc3ccccn23)cc1. The summed E-state index contributed by atoms with van der Waals surface area (Å²) in [6.45, 7) is 0.282. The molecule has 3 rings (SSSR count). The molecule has 0 saturated carbocycles. The molecule has 126 valence electrons. The normalized spacial score (nSPS) is 10.9. The summed E-state index contributed by atoms with van der Waals surface area (Å²) in [4.78, 5) is 23.4. The zero-order chi connectivity index (χ0) is 17.6. The van der Waals surface area contributed by atoms with E-state index >= 15 is 0 Å². The van der Waals surface area contributed by atoms with Crippen molar-refractivity contribution in [3.8, 4) is 0 Å². The third-order valence-electron chi connectivity index (χ3n) is 3.63. The molecule has 0 bridgehead atoms. The van der Waals surface area contributed by atoms with E-state index in [4.69, 9.17) is 0 Å². The van der Waals surface area contributed by atoms with Gasteiger partial charge >= 0.3 is 0 Å². The second-order valence-corrected chi connectivity index (χ2v) is 5.30. The Kier molecular flexibility index (Phi) is 4.84. The van der Waals surface area contributed by atoms with Crippen molar-refractivity contribution in [1.82, 2.24) is 25.2 Å². The van der Waals surface area contributed by atoms with Crippen LogP contribution in [0.25, 0.3) is 11.7 Å². The molecule has 2 amide bonds. The highest BCUT2D eigenvalue weighted by molar-refractivity contribution is 5.94. The zero-order valence-electron chi connectivity index (χ0n) is 13.6. The van der Waals surface area contributed by atoms with Crippen molar-refractivity contribution in [3.05, 3.63) is 71.7 Å². The van der Waals surface area contributed by atoms with E-state index in [1.165, 1.54) is 6.08 Å². The molecular formula is C18H17N5O2. The van der Waals surface area contributed by atoms with Crippen molar-refractivity contribution in [1.29, 1.82) is 0 Å². The maximum Gasteiger partial charge on any atom is 0.251 e. The lowest BCUT2D eigenvalue weighted by molar-refractivity contribution is -0.116. The van der Waals surface area contributed by atoms with Crippen LogP contribution >= 0.6 is 0 Å². The van der Waals surface area contributed by atoms with Gasteiger partial charge in [0, 0.05) is 24.9 Å². The summed E-state index contributed by atoms with van der Waals surface area (Å²) < 4.78 is 1.82. The van der Waals surface area contributed by atoms with E-state index in [1.54, 1.807) is 37.4 Å². The average molecular weight is 335 g/mol. The predicted molar refractivity (Wildman–Crippen MR) is 93.7 cm³/mol. The highest BCUT2D eigenvalue weighted by Gasteiger charge is 2.05. The van der Waals surface area contributed by atoms with E-state index < -0.39 is 0 Å². The highest BCUT2D eigenvalue weighted by atomic mass is 16.2. The number of carbonyl (C=O) groups is 2. The van der Waals surface area contributed by atoms with Crippen LogP contribution < -0.4 is 10.6 Å². The molecule has 0 atom stereocenters. The Hall–Kier alpha value is -3.48. The number of carbonyl (C=O) groups excluding carboxylic acids is 2. The molecule has 1 aromatic carbocycles. The van der Waals surface area contributed by atoms with Crippen molar-refractivity contribution in [2.75, 3.05) is 7.05 Å². The molecule has 2 aromatic heterocycles. The van der Waals surface area contributed by atoms with Crippen molar-refractivity contribution >= 4 is 23.5 Å². The van der Waals surface area contributed by atoms with Crippen LogP contribution in [-0.2, 0) is 11.3 Å². The summed E-state index contributed by atoms with van der Waals surface area (Å²) >= 11 is 0. The van der Waals surface area contributed by atoms with Crippen molar-refractivity contribution in [2.24, 2.45) is 0 Å². The lowest BCUT2D eigenvalue weighted by atomic mass is 10.1. The number of benzene rings is 1. The molecule has 2 N–H and O–H groups in total. The van der Waals surface area contributed by atoms with E-state index in [0.717, 1.165) is 11.2 Å². The standard InChI is InChI=1S/C18H17N5O2/c1-19-18(25)14-8-5-13(6-9-14)7-10-17(24)20-12-16-22-21-15-4-2-3-11-23(15)16/h2-11H,12H2,1H3,(H,19,25)(H,20,24)/b10-7+. The molecule has 0 aliphatic rings.